The van der Waals surface area contributed by atoms with Crippen molar-refractivity contribution in [3.8, 4) is 0 Å². The van der Waals surface area contributed by atoms with Gasteiger partial charge in [0, 0.05) is 7.11 Å². The smallest absolute Gasteiger partial charge is 0.0672 e. The lowest BCUT2D eigenvalue weighted by Gasteiger charge is -2.03. The first-order chi connectivity index (χ1) is 4.85. The summed E-state index contributed by atoms with van der Waals surface area (Å²) in [6.45, 7) is 3.54. The summed E-state index contributed by atoms with van der Waals surface area (Å²) in [6, 6.07) is 0. The highest BCUT2D eigenvalue weighted by Gasteiger charge is 1.92. The van der Waals surface area contributed by atoms with Crippen molar-refractivity contribution in [3.05, 3.63) is 11.6 Å². The second kappa shape index (κ2) is 6.78. The highest BCUT2D eigenvalue weighted by atomic mass is 16.5. The van der Waals surface area contributed by atoms with Gasteiger partial charge in [0.2, 0.25) is 0 Å². The summed E-state index contributed by atoms with van der Waals surface area (Å²) in [7, 11) is 1.71. The Kier molecular flexibility index (Phi) is 6.55. The van der Waals surface area contributed by atoms with Gasteiger partial charge in [0.05, 0.1) is 6.61 Å². The molecule has 0 saturated carbocycles. The predicted octanol–water partition coefficient (Wildman–Crippen LogP) is 1.32. The number of methoxy groups -OCH3 is 1. The number of rotatable bonds is 5. The number of nitrogens with two attached hydrogens (primary N) is 1. The standard InChI is InChI=1S/C8H17NO/c1-3-8(7-10-2)5-4-6-9/h3H,4-7,9H2,1-2H3/b8-3-. The molecule has 0 unspecified atom stereocenters. The van der Waals surface area contributed by atoms with Crippen LogP contribution in [0.5, 0.6) is 0 Å². The van der Waals surface area contributed by atoms with E-state index in [2.05, 4.69) is 6.08 Å². The van der Waals surface area contributed by atoms with Gasteiger partial charge in [-0.2, -0.15) is 0 Å². The van der Waals surface area contributed by atoms with Gasteiger partial charge in [0.1, 0.15) is 0 Å². The van der Waals surface area contributed by atoms with Gasteiger partial charge in [-0.25, -0.2) is 0 Å². The predicted molar refractivity (Wildman–Crippen MR) is 43.9 cm³/mol. The first-order valence-electron chi connectivity index (χ1n) is 3.68. The van der Waals surface area contributed by atoms with Crippen molar-refractivity contribution in [1.82, 2.24) is 0 Å². The molecule has 0 amide bonds. The van der Waals surface area contributed by atoms with E-state index in [0.717, 1.165) is 26.0 Å². The highest BCUT2D eigenvalue weighted by molar-refractivity contribution is 5.00. The zero-order chi connectivity index (χ0) is 7.82. The van der Waals surface area contributed by atoms with E-state index in [4.69, 9.17) is 10.5 Å². The summed E-state index contributed by atoms with van der Waals surface area (Å²) in [6.07, 6.45) is 4.23. The lowest BCUT2D eigenvalue weighted by atomic mass is 10.1. The molecule has 2 N–H and O–H groups in total. The molecule has 2 nitrogen and oxygen atoms in total. The second-order valence-corrected chi connectivity index (χ2v) is 2.27. The van der Waals surface area contributed by atoms with E-state index in [1.54, 1.807) is 7.11 Å². The van der Waals surface area contributed by atoms with Crippen LogP contribution in [0.1, 0.15) is 19.8 Å². The van der Waals surface area contributed by atoms with Gasteiger partial charge in [-0.1, -0.05) is 6.08 Å². The average Bonchev–Trinajstić information content (AvgIpc) is 1.98. The Hall–Kier alpha value is -0.340. The van der Waals surface area contributed by atoms with E-state index in [1.165, 1.54) is 5.57 Å². The number of hydrogen-bond donors (Lipinski definition) is 1. The normalized spacial score (nSPS) is 12.1. The van der Waals surface area contributed by atoms with E-state index in [-0.39, 0.29) is 0 Å². The van der Waals surface area contributed by atoms with Crippen LogP contribution in [0, 0.1) is 0 Å². The van der Waals surface area contributed by atoms with E-state index in [9.17, 15) is 0 Å². The summed E-state index contributed by atoms with van der Waals surface area (Å²) in [4.78, 5) is 0. The molecule has 0 aromatic heterocycles. The van der Waals surface area contributed by atoms with Crippen LogP contribution in [0.15, 0.2) is 11.6 Å². The van der Waals surface area contributed by atoms with Gasteiger partial charge in [-0.05, 0) is 31.9 Å². The number of hydrogen-bond acceptors (Lipinski definition) is 2. The SMILES string of the molecule is C/C=C(/CCCN)COC. The molecule has 0 bridgehead atoms. The molecule has 0 atom stereocenters. The van der Waals surface area contributed by atoms with Crippen molar-refractivity contribution in [1.29, 1.82) is 0 Å². The topological polar surface area (TPSA) is 35.2 Å². The molecule has 0 aliphatic heterocycles. The molecule has 0 aromatic rings. The van der Waals surface area contributed by atoms with E-state index >= 15 is 0 Å². The maximum absolute atomic E-state index is 5.36. The van der Waals surface area contributed by atoms with Gasteiger partial charge >= 0.3 is 0 Å². The molecule has 0 rings (SSSR count). The molecule has 0 radical (unpaired) electrons. The Morgan fingerprint density at radius 3 is 2.70 bits per heavy atom. The second-order valence-electron chi connectivity index (χ2n) is 2.27. The lowest BCUT2D eigenvalue weighted by Crippen LogP contribution is -2.01. The highest BCUT2D eigenvalue weighted by Crippen LogP contribution is 2.03. The van der Waals surface area contributed by atoms with Crippen LogP contribution in [0.25, 0.3) is 0 Å². The van der Waals surface area contributed by atoms with Crippen LogP contribution >= 0.6 is 0 Å². The summed E-state index contributed by atoms with van der Waals surface area (Å²) in [5.74, 6) is 0. The van der Waals surface area contributed by atoms with E-state index in [0.29, 0.717) is 0 Å². The Morgan fingerprint density at radius 2 is 2.30 bits per heavy atom. The molecular weight excluding hydrogens is 126 g/mol. The average molecular weight is 143 g/mol. The molecule has 0 saturated heterocycles. The van der Waals surface area contributed by atoms with Crippen molar-refractivity contribution in [2.24, 2.45) is 5.73 Å². The van der Waals surface area contributed by atoms with Crippen molar-refractivity contribution in [2.75, 3.05) is 20.3 Å². The van der Waals surface area contributed by atoms with E-state index < -0.39 is 0 Å². The van der Waals surface area contributed by atoms with Crippen LogP contribution in [0.3, 0.4) is 0 Å². The zero-order valence-corrected chi connectivity index (χ0v) is 6.89. The minimum atomic E-state index is 0.747. The third kappa shape index (κ3) is 4.53. The molecule has 10 heavy (non-hydrogen) atoms. The monoisotopic (exact) mass is 143 g/mol. The molecule has 2 heteroatoms. The number of allylic oxidation sites excluding steroid dienone is 1. The van der Waals surface area contributed by atoms with Gasteiger partial charge in [-0.15, -0.1) is 0 Å². The molecule has 0 aromatic carbocycles. The fraction of sp³-hybridized carbons (Fsp3) is 0.750. The van der Waals surface area contributed by atoms with Crippen LogP contribution in [-0.4, -0.2) is 20.3 Å². The molecule has 60 valence electrons. The molecule has 0 fully saturated rings. The van der Waals surface area contributed by atoms with Crippen molar-refractivity contribution in [2.45, 2.75) is 19.8 Å². The van der Waals surface area contributed by atoms with Gasteiger partial charge < -0.3 is 10.5 Å². The van der Waals surface area contributed by atoms with Crippen molar-refractivity contribution in [3.63, 3.8) is 0 Å². The van der Waals surface area contributed by atoms with Gasteiger partial charge in [-0.3, -0.25) is 0 Å². The molecule has 0 spiro atoms. The summed E-state index contributed by atoms with van der Waals surface area (Å²) in [5, 5.41) is 0. The Labute approximate surface area is 63.1 Å². The summed E-state index contributed by atoms with van der Waals surface area (Å²) < 4.78 is 4.98. The maximum atomic E-state index is 5.36. The summed E-state index contributed by atoms with van der Waals surface area (Å²) in [5.41, 5.74) is 6.70. The molecule has 0 heterocycles. The van der Waals surface area contributed by atoms with Crippen LogP contribution in [0.2, 0.25) is 0 Å². The maximum Gasteiger partial charge on any atom is 0.0672 e. The lowest BCUT2D eigenvalue weighted by molar-refractivity contribution is 0.222. The molecule has 0 aliphatic carbocycles. The minimum absolute atomic E-state index is 0.747. The Morgan fingerprint density at radius 1 is 1.60 bits per heavy atom. The first kappa shape index (κ1) is 9.66. The Bertz CT molecular complexity index is 99.4. The third-order valence-electron chi connectivity index (χ3n) is 1.44. The van der Waals surface area contributed by atoms with Crippen molar-refractivity contribution >= 4 is 0 Å². The number of ether oxygens (including phenoxy) is 1. The Balaban J connectivity index is 3.41. The quantitative estimate of drug-likeness (QED) is 0.589. The van der Waals surface area contributed by atoms with Crippen molar-refractivity contribution < 1.29 is 4.74 Å². The fourth-order valence-electron chi connectivity index (χ4n) is 0.814. The van der Waals surface area contributed by atoms with Crippen LogP contribution < -0.4 is 5.73 Å². The summed E-state index contributed by atoms with van der Waals surface area (Å²) >= 11 is 0. The third-order valence-corrected chi connectivity index (χ3v) is 1.44. The minimum Gasteiger partial charge on any atom is -0.380 e. The molecule has 0 aliphatic rings. The van der Waals surface area contributed by atoms with Crippen LogP contribution in [0.4, 0.5) is 0 Å². The largest absolute Gasteiger partial charge is 0.380 e. The first-order valence-corrected chi connectivity index (χ1v) is 3.68. The molecular formula is C8H17NO. The zero-order valence-electron chi connectivity index (χ0n) is 6.89. The van der Waals surface area contributed by atoms with E-state index in [1.807, 2.05) is 6.92 Å². The fourth-order valence-corrected chi connectivity index (χ4v) is 0.814. The van der Waals surface area contributed by atoms with Gasteiger partial charge in [0.25, 0.3) is 0 Å². The van der Waals surface area contributed by atoms with Gasteiger partial charge in [0.15, 0.2) is 0 Å². The van der Waals surface area contributed by atoms with Crippen LogP contribution in [-0.2, 0) is 4.74 Å².